The first-order chi connectivity index (χ1) is 12.9. The van der Waals surface area contributed by atoms with E-state index in [0.29, 0.717) is 0 Å². The van der Waals surface area contributed by atoms with Crippen LogP contribution >= 0.6 is 0 Å². The van der Waals surface area contributed by atoms with Crippen LogP contribution < -0.4 is 0 Å². The van der Waals surface area contributed by atoms with Crippen molar-refractivity contribution < 1.29 is 8.83 Å². The third-order valence-electron chi connectivity index (χ3n) is 4.18. The van der Waals surface area contributed by atoms with Crippen molar-refractivity contribution in [1.29, 1.82) is 0 Å². The minimum Gasteiger partial charge on any atom is -0.463 e. The molecule has 0 saturated heterocycles. The number of furan rings is 2. The summed E-state index contributed by atoms with van der Waals surface area (Å²) < 4.78 is 10.8. The van der Waals surface area contributed by atoms with Gasteiger partial charge in [-0.25, -0.2) is 0 Å². The predicted octanol–water partition coefficient (Wildman–Crippen LogP) is 4.99. The van der Waals surface area contributed by atoms with Gasteiger partial charge in [-0.15, -0.1) is 0 Å². The molecule has 0 atom stereocenters. The average molecular weight is 342 g/mol. The number of H-pyrrole nitrogens is 2. The highest BCUT2D eigenvalue weighted by molar-refractivity contribution is 5.73. The van der Waals surface area contributed by atoms with Crippen LogP contribution in [0.15, 0.2) is 82.0 Å². The van der Waals surface area contributed by atoms with Gasteiger partial charge in [0.15, 0.2) is 11.5 Å². The monoisotopic (exact) mass is 342 g/mol. The Labute approximate surface area is 148 Å². The van der Waals surface area contributed by atoms with Gasteiger partial charge in [0.05, 0.1) is 23.9 Å². The number of rotatable bonds is 4. The Bertz CT molecular complexity index is 1050. The van der Waals surface area contributed by atoms with Gasteiger partial charge in [0.2, 0.25) is 0 Å². The maximum Gasteiger partial charge on any atom is 0.151 e. The number of nitrogens with one attached hydrogen (secondary N) is 2. The van der Waals surface area contributed by atoms with Gasteiger partial charge in [0.25, 0.3) is 0 Å². The smallest absolute Gasteiger partial charge is 0.151 e. The predicted molar refractivity (Wildman–Crippen MR) is 97.0 cm³/mol. The number of aromatic nitrogens is 4. The topological polar surface area (TPSA) is 83.6 Å². The Kier molecular flexibility index (Phi) is 3.31. The maximum atomic E-state index is 5.41. The van der Waals surface area contributed by atoms with E-state index in [1.165, 1.54) is 0 Å². The van der Waals surface area contributed by atoms with E-state index < -0.39 is 0 Å². The average Bonchev–Trinajstić information content (AvgIpc) is 3.49. The van der Waals surface area contributed by atoms with E-state index >= 15 is 0 Å². The molecule has 4 aromatic heterocycles. The molecule has 0 aliphatic carbocycles. The maximum absolute atomic E-state index is 5.41. The third-order valence-corrected chi connectivity index (χ3v) is 4.18. The van der Waals surface area contributed by atoms with E-state index in [4.69, 9.17) is 8.83 Å². The number of hydrogen-bond acceptors (Lipinski definition) is 4. The summed E-state index contributed by atoms with van der Waals surface area (Å²) in [4.78, 5) is 0. The van der Waals surface area contributed by atoms with Gasteiger partial charge < -0.3 is 8.83 Å². The Morgan fingerprint density at radius 3 is 1.62 bits per heavy atom. The molecule has 0 radical (unpaired) electrons. The van der Waals surface area contributed by atoms with Crippen LogP contribution in [0.1, 0.15) is 0 Å². The fraction of sp³-hybridized carbons (Fsp3) is 0. The molecule has 6 heteroatoms. The minimum absolute atomic E-state index is 0.760. The third kappa shape index (κ3) is 2.53. The number of benzene rings is 1. The Morgan fingerprint density at radius 2 is 1.15 bits per heavy atom. The zero-order valence-corrected chi connectivity index (χ0v) is 13.6. The minimum atomic E-state index is 0.760. The van der Waals surface area contributed by atoms with Gasteiger partial charge in [0.1, 0.15) is 11.4 Å². The van der Waals surface area contributed by atoms with Crippen LogP contribution in [0.25, 0.3) is 45.4 Å². The lowest BCUT2D eigenvalue weighted by Gasteiger charge is -2.00. The largest absolute Gasteiger partial charge is 0.463 e. The molecule has 1 aromatic carbocycles. The molecule has 0 aliphatic rings. The Balaban J connectivity index is 1.48. The second kappa shape index (κ2) is 5.93. The molecule has 0 bridgehead atoms. The van der Waals surface area contributed by atoms with E-state index in [1.807, 2.05) is 54.6 Å². The fourth-order valence-corrected chi connectivity index (χ4v) is 2.89. The van der Waals surface area contributed by atoms with Crippen molar-refractivity contribution in [1.82, 2.24) is 20.4 Å². The standard InChI is InChI=1S/C20H14N4O2/c1-4-13(15-11-17(23-21-15)19-6-2-8-25-19)10-14(5-1)16-12-18(24-22-16)20-7-3-9-26-20/h1-12H,(H,21,23)(H,22,24). The molecular weight excluding hydrogens is 328 g/mol. The molecule has 0 fully saturated rings. The summed E-state index contributed by atoms with van der Waals surface area (Å²) in [5.74, 6) is 1.52. The summed E-state index contributed by atoms with van der Waals surface area (Å²) in [7, 11) is 0. The summed E-state index contributed by atoms with van der Waals surface area (Å²) in [6.07, 6.45) is 3.29. The van der Waals surface area contributed by atoms with Crippen molar-refractivity contribution in [3.63, 3.8) is 0 Å². The van der Waals surface area contributed by atoms with E-state index in [-0.39, 0.29) is 0 Å². The van der Waals surface area contributed by atoms with Gasteiger partial charge in [-0.1, -0.05) is 18.2 Å². The van der Waals surface area contributed by atoms with Crippen LogP contribution in [0.4, 0.5) is 0 Å². The first kappa shape index (κ1) is 14.5. The van der Waals surface area contributed by atoms with Gasteiger partial charge in [-0.3, -0.25) is 10.2 Å². The molecule has 0 amide bonds. The molecule has 126 valence electrons. The van der Waals surface area contributed by atoms with Crippen molar-refractivity contribution in [2.45, 2.75) is 0 Å². The molecule has 0 saturated carbocycles. The van der Waals surface area contributed by atoms with E-state index in [9.17, 15) is 0 Å². The number of hydrogen-bond donors (Lipinski definition) is 2. The first-order valence-electron chi connectivity index (χ1n) is 8.16. The second-order valence-electron chi connectivity index (χ2n) is 5.87. The van der Waals surface area contributed by atoms with E-state index in [2.05, 4.69) is 26.5 Å². The number of nitrogens with zero attached hydrogens (tertiary/aromatic N) is 2. The van der Waals surface area contributed by atoms with Crippen LogP contribution in [0.5, 0.6) is 0 Å². The molecular formula is C20H14N4O2. The zero-order valence-electron chi connectivity index (χ0n) is 13.6. The highest BCUT2D eigenvalue weighted by Gasteiger charge is 2.11. The van der Waals surface area contributed by atoms with Crippen LogP contribution in [-0.4, -0.2) is 20.4 Å². The molecule has 26 heavy (non-hydrogen) atoms. The lowest BCUT2D eigenvalue weighted by Crippen LogP contribution is -1.82. The van der Waals surface area contributed by atoms with Gasteiger partial charge in [-0.05, 0) is 42.5 Å². The van der Waals surface area contributed by atoms with Gasteiger partial charge in [-0.2, -0.15) is 10.2 Å². The van der Waals surface area contributed by atoms with Crippen molar-refractivity contribution in [2.75, 3.05) is 0 Å². The Hall–Kier alpha value is -3.80. The van der Waals surface area contributed by atoms with E-state index in [1.54, 1.807) is 12.5 Å². The fourth-order valence-electron chi connectivity index (χ4n) is 2.89. The molecule has 6 nitrogen and oxygen atoms in total. The van der Waals surface area contributed by atoms with Crippen LogP contribution in [-0.2, 0) is 0 Å². The molecule has 5 aromatic rings. The number of aromatic amines is 2. The quantitative estimate of drug-likeness (QED) is 0.482. The molecule has 4 heterocycles. The summed E-state index contributed by atoms with van der Waals surface area (Å²) >= 11 is 0. The molecule has 2 N–H and O–H groups in total. The zero-order chi connectivity index (χ0) is 17.3. The summed E-state index contributed by atoms with van der Waals surface area (Å²) in [6.45, 7) is 0. The SMILES string of the molecule is c1cc(-c2cc(-c3ccco3)[nH]n2)cc(-c2cc(-c3ccco3)[nH]n2)c1. The lowest BCUT2D eigenvalue weighted by atomic mass is 10.1. The van der Waals surface area contributed by atoms with Crippen LogP contribution in [0.3, 0.4) is 0 Å². The van der Waals surface area contributed by atoms with Gasteiger partial charge in [0, 0.05) is 11.1 Å². The van der Waals surface area contributed by atoms with Crippen molar-refractivity contribution in [3.05, 3.63) is 73.2 Å². The van der Waals surface area contributed by atoms with Crippen molar-refractivity contribution in [2.24, 2.45) is 0 Å². The molecule has 0 unspecified atom stereocenters. The van der Waals surface area contributed by atoms with E-state index in [0.717, 1.165) is 45.4 Å². The van der Waals surface area contributed by atoms with Gasteiger partial charge >= 0.3 is 0 Å². The second-order valence-corrected chi connectivity index (χ2v) is 5.87. The highest BCUT2D eigenvalue weighted by Crippen LogP contribution is 2.29. The van der Waals surface area contributed by atoms with Crippen LogP contribution in [0.2, 0.25) is 0 Å². The van der Waals surface area contributed by atoms with Crippen LogP contribution in [0, 0.1) is 0 Å². The summed E-state index contributed by atoms with van der Waals surface area (Å²) in [5, 5.41) is 14.8. The summed E-state index contributed by atoms with van der Waals surface area (Å²) in [6, 6.07) is 19.5. The van der Waals surface area contributed by atoms with Crippen molar-refractivity contribution in [3.8, 4) is 45.4 Å². The molecule has 5 rings (SSSR count). The normalized spacial score (nSPS) is 11.1. The summed E-state index contributed by atoms with van der Waals surface area (Å²) in [5.41, 5.74) is 5.38. The van der Waals surface area contributed by atoms with Crippen molar-refractivity contribution >= 4 is 0 Å². The molecule has 0 aliphatic heterocycles. The lowest BCUT2D eigenvalue weighted by molar-refractivity contribution is 0.579. The Morgan fingerprint density at radius 1 is 0.615 bits per heavy atom. The highest BCUT2D eigenvalue weighted by atomic mass is 16.3. The first-order valence-corrected chi connectivity index (χ1v) is 8.16. The molecule has 0 spiro atoms.